The topological polar surface area (TPSA) is 12.0 Å². The van der Waals surface area contributed by atoms with Gasteiger partial charge in [0.25, 0.3) is 0 Å². The molecular formula is C27H41NP2. The summed E-state index contributed by atoms with van der Waals surface area (Å²) >= 11 is 0. The first kappa shape index (κ1) is 23.8. The van der Waals surface area contributed by atoms with Gasteiger partial charge in [-0.05, 0) is 57.2 Å². The standard InChI is InChI=1S/C27H41NP2/c1-18(2)29(19(3)4)16-24-13-9-11-22-15-23-12-10-14-25(27(23)28-26(22)24)17-30(20(5)6)21(7)8/h9-14,18-21,28H,15-17H2,1-8H3. The largest absolute Gasteiger partial charge is 0.355 e. The van der Waals surface area contributed by atoms with Gasteiger partial charge in [0.15, 0.2) is 0 Å². The first-order chi connectivity index (χ1) is 14.2. The molecule has 1 heterocycles. The van der Waals surface area contributed by atoms with E-state index >= 15 is 0 Å². The summed E-state index contributed by atoms with van der Waals surface area (Å²) in [5.74, 6) is 0. The minimum Gasteiger partial charge on any atom is -0.355 e. The maximum Gasteiger partial charge on any atom is 0.0456 e. The second kappa shape index (κ2) is 10.1. The molecule has 0 spiro atoms. The van der Waals surface area contributed by atoms with Crippen LogP contribution < -0.4 is 5.32 Å². The third kappa shape index (κ3) is 5.29. The predicted octanol–water partition coefficient (Wildman–Crippen LogP) is 8.93. The number of anilines is 2. The quantitative estimate of drug-likeness (QED) is 0.344. The summed E-state index contributed by atoms with van der Waals surface area (Å²) in [6, 6.07) is 13.9. The van der Waals surface area contributed by atoms with Gasteiger partial charge in [-0.2, -0.15) is 0 Å². The van der Waals surface area contributed by atoms with Crippen molar-refractivity contribution in [3.05, 3.63) is 58.7 Å². The van der Waals surface area contributed by atoms with E-state index in [-0.39, 0.29) is 15.8 Å². The van der Waals surface area contributed by atoms with E-state index in [4.69, 9.17) is 0 Å². The normalized spacial score (nSPS) is 13.5. The molecule has 0 bridgehead atoms. The Hall–Kier alpha value is -0.900. The van der Waals surface area contributed by atoms with E-state index in [2.05, 4.69) is 97.1 Å². The second-order valence-electron chi connectivity index (χ2n) is 9.92. The summed E-state index contributed by atoms with van der Waals surface area (Å²) in [6.45, 7) is 19.2. The Morgan fingerprint density at radius 3 is 1.33 bits per heavy atom. The third-order valence-corrected chi connectivity index (χ3v) is 13.2. The van der Waals surface area contributed by atoms with E-state index in [0.717, 1.165) is 29.1 Å². The molecule has 2 aromatic rings. The summed E-state index contributed by atoms with van der Waals surface area (Å²) in [5, 5.41) is 3.96. The lowest BCUT2D eigenvalue weighted by atomic mass is 9.93. The maximum atomic E-state index is 3.96. The van der Waals surface area contributed by atoms with Gasteiger partial charge in [0.1, 0.15) is 0 Å². The summed E-state index contributed by atoms with van der Waals surface area (Å²) in [5.41, 5.74) is 11.9. The first-order valence-electron chi connectivity index (χ1n) is 11.7. The van der Waals surface area contributed by atoms with Crippen molar-refractivity contribution in [1.82, 2.24) is 0 Å². The molecule has 0 saturated heterocycles. The Kier molecular flexibility index (Phi) is 8.03. The Morgan fingerprint density at radius 1 is 0.633 bits per heavy atom. The summed E-state index contributed by atoms with van der Waals surface area (Å²) in [7, 11) is -0.0262. The molecule has 0 aromatic heterocycles. The number of para-hydroxylation sites is 2. The van der Waals surface area contributed by atoms with Crippen LogP contribution in [-0.4, -0.2) is 22.6 Å². The van der Waals surface area contributed by atoms with Gasteiger partial charge in [-0.3, -0.25) is 0 Å². The molecule has 3 rings (SSSR count). The number of hydrogen-bond acceptors (Lipinski definition) is 1. The average molecular weight is 442 g/mol. The van der Waals surface area contributed by atoms with Crippen LogP contribution >= 0.6 is 15.8 Å². The molecule has 0 atom stereocenters. The zero-order valence-electron chi connectivity index (χ0n) is 20.3. The smallest absolute Gasteiger partial charge is 0.0456 e. The van der Waals surface area contributed by atoms with Gasteiger partial charge < -0.3 is 5.32 Å². The fourth-order valence-corrected chi connectivity index (χ4v) is 9.99. The summed E-state index contributed by atoms with van der Waals surface area (Å²) in [6.07, 6.45) is 3.51. The number of nitrogens with one attached hydrogen (secondary N) is 1. The fraction of sp³-hybridized carbons (Fsp3) is 0.556. The van der Waals surface area contributed by atoms with E-state index in [1.165, 1.54) is 46.0 Å². The molecule has 0 aliphatic carbocycles. The Balaban J connectivity index is 1.94. The van der Waals surface area contributed by atoms with Crippen LogP contribution in [0.2, 0.25) is 0 Å². The first-order valence-corrected chi connectivity index (χ1v) is 15.0. The molecule has 1 nitrogen and oxygen atoms in total. The lowest BCUT2D eigenvalue weighted by molar-refractivity contribution is 0.992. The van der Waals surface area contributed by atoms with Gasteiger partial charge in [-0.25, -0.2) is 0 Å². The van der Waals surface area contributed by atoms with Crippen LogP contribution in [-0.2, 0) is 18.7 Å². The van der Waals surface area contributed by atoms with Gasteiger partial charge in [0, 0.05) is 17.8 Å². The SMILES string of the molecule is CC(C)P(Cc1cccc2c1Nc1c(cccc1CP(C(C)C)C(C)C)C2)C(C)C. The van der Waals surface area contributed by atoms with Crippen LogP contribution in [0.5, 0.6) is 0 Å². The van der Waals surface area contributed by atoms with Crippen LogP contribution in [0.4, 0.5) is 11.4 Å². The highest BCUT2D eigenvalue weighted by molar-refractivity contribution is 7.58. The monoisotopic (exact) mass is 441 g/mol. The van der Waals surface area contributed by atoms with Crippen molar-refractivity contribution in [1.29, 1.82) is 0 Å². The van der Waals surface area contributed by atoms with E-state index in [1.54, 1.807) is 0 Å². The molecule has 3 heteroatoms. The summed E-state index contributed by atoms with van der Waals surface area (Å²) in [4.78, 5) is 0. The van der Waals surface area contributed by atoms with Crippen molar-refractivity contribution in [2.75, 3.05) is 5.32 Å². The van der Waals surface area contributed by atoms with E-state index in [9.17, 15) is 0 Å². The van der Waals surface area contributed by atoms with Crippen LogP contribution in [0.25, 0.3) is 0 Å². The van der Waals surface area contributed by atoms with Gasteiger partial charge in [0.05, 0.1) is 0 Å². The highest BCUT2D eigenvalue weighted by Crippen LogP contribution is 2.53. The summed E-state index contributed by atoms with van der Waals surface area (Å²) < 4.78 is 0. The van der Waals surface area contributed by atoms with Crippen molar-refractivity contribution < 1.29 is 0 Å². The molecule has 0 unspecified atom stereocenters. The Morgan fingerprint density at radius 2 is 1.00 bits per heavy atom. The Bertz CT molecular complexity index is 768. The molecule has 2 aromatic carbocycles. The maximum absolute atomic E-state index is 3.96. The van der Waals surface area contributed by atoms with Crippen molar-refractivity contribution in [2.45, 2.75) is 96.8 Å². The number of rotatable bonds is 8. The van der Waals surface area contributed by atoms with Crippen LogP contribution in [0.15, 0.2) is 36.4 Å². The number of fused-ring (bicyclic) bond motifs is 2. The van der Waals surface area contributed by atoms with E-state index < -0.39 is 0 Å². The van der Waals surface area contributed by atoms with Crippen LogP contribution in [0.1, 0.15) is 77.6 Å². The minimum absolute atomic E-state index is 0.0131. The van der Waals surface area contributed by atoms with Gasteiger partial charge in [-0.1, -0.05) is 108 Å². The van der Waals surface area contributed by atoms with Crippen molar-refractivity contribution in [3.8, 4) is 0 Å². The van der Waals surface area contributed by atoms with Crippen molar-refractivity contribution in [2.24, 2.45) is 0 Å². The second-order valence-corrected chi connectivity index (χ2v) is 16.7. The molecule has 0 fully saturated rings. The molecule has 1 N–H and O–H groups in total. The lowest BCUT2D eigenvalue weighted by Gasteiger charge is -2.32. The minimum atomic E-state index is -0.0131. The van der Waals surface area contributed by atoms with Gasteiger partial charge in [-0.15, -0.1) is 0 Å². The third-order valence-electron chi connectivity index (χ3n) is 6.46. The van der Waals surface area contributed by atoms with Crippen molar-refractivity contribution >= 4 is 27.2 Å². The van der Waals surface area contributed by atoms with Crippen LogP contribution in [0, 0.1) is 0 Å². The molecule has 0 radical (unpaired) electrons. The fourth-order valence-electron chi connectivity index (χ4n) is 4.83. The predicted molar refractivity (Wildman–Crippen MR) is 141 cm³/mol. The van der Waals surface area contributed by atoms with Crippen molar-refractivity contribution in [3.63, 3.8) is 0 Å². The highest BCUT2D eigenvalue weighted by Gasteiger charge is 2.25. The number of hydrogen-bond donors (Lipinski definition) is 1. The lowest BCUT2D eigenvalue weighted by Crippen LogP contribution is -2.14. The number of benzene rings is 2. The zero-order chi connectivity index (χ0) is 22.0. The molecule has 164 valence electrons. The zero-order valence-corrected chi connectivity index (χ0v) is 22.1. The highest BCUT2D eigenvalue weighted by atomic mass is 31.1. The van der Waals surface area contributed by atoms with E-state index in [1.807, 2.05) is 0 Å². The molecule has 0 amide bonds. The molecule has 30 heavy (non-hydrogen) atoms. The molecule has 0 saturated carbocycles. The van der Waals surface area contributed by atoms with Gasteiger partial charge >= 0.3 is 0 Å². The van der Waals surface area contributed by atoms with E-state index in [0.29, 0.717) is 0 Å². The average Bonchev–Trinajstić information content (AvgIpc) is 2.67. The van der Waals surface area contributed by atoms with Gasteiger partial charge in [0.2, 0.25) is 0 Å². The van der Waals surface area contributed by atoms with Crippen LogP contribution in [0.3, 0.4) is 0 Å². The Labute approximate surface area is 188 Å². The molecule has 1 aliphatic heterocycles. The molecule has 1 aliphatic rings. The molecular weight excluding hydrogens is 400 g/mol.